The van der Waals surface area contributed by atoms with E-state index in [1.807, 2.05) is 0 Å². The Labute approximate surface area is 132 Å². The molecule has 3 rings (SSSR count). The third-order valence-electron chi connectivity index (χ3n) is 4.70. The molecule has 0 saturated heterocycles. The standard InChI is InChI=1S/C16H21BrFN3/c1-2-14(10-6-4-3-5-7-10)21-15-9-12(18)11(17)8-13(15)20-16(21)19/h8-10,14H,2-7H2,1H3,(H2,19,20). The number of anilines is 1. The zero-order valence-electron chi connectivity index (χ0n) is 12.3. The number of nitrogens with zero attached hydrogens (tertiary/aromatic N) is 2. The average molecular weight is 354 g/mol. The second-order valence-corrected chi connectivity index (χ2v) is 6.82. The van der Waals surface area contributed by atoms with Gasteiger partial charge in [-0.3, -0.25) is 0 Å². The number of hydrogen-bond acceptors (Lipinski definition) is 2. The van der Waals surface area contributed by atoms with E-state index in [2.05, 4.69) is 32.4 Å². The van der Waals surface area contributed by atoms with E-state index in [1.165, 1.54) is 32.1 Å². The number of hydrogen-bond donors (Lipinski definition) is 1. The third kappa shape index (κ3) is 2.68. The third-order valence-corrected chi connectivity index (χ3v) is 5.31. The zero-order chi connectivity index (χ0) is 15.0. The van der Waals surface area contributed by atoms with Crippen molar-refractivity contribution in [3.05, 3.63) is 22.4 Å². The van der Waals surface area contributed by atoms with E-state index < -0.39 is 0 Å². The largest absolute Gasteiger partial charge is 0.369 e. The van der Waals surface area contributed by atoms with E-state index in [0.717, 1.165) is 17.5 Å². The van der Waals surface area contributed by atoms with Crippen molar-refractivity contribution in [3.8, 4) is 0 Å². The van der Waals surface area contributed by atoms with Crippen molar-refractivity contribution in [1.29, 1.82) is 0 Å². The smallest absolute Gasteiger partial charge is 0.201 e. The molecule has 1 unspecified atom stereocenters. The lowest BCUT2D eigenvalue weighted by molar-refractivity contribution is 0.249. The summed E-state index contributed by atoms with van der Waals surface area (Å²) in [5.41, 5.74) is 7.72. The Morgan fingerprint density at radius 2 is 2.10 bits per heavy atom. The van der Waals surface area contributed by atoms with E-state index in [4.69, 9.17) is 5.73 Å². The molecule has 1 aliphatic carbocycles. The normalized spacial score (nSPS) is 18.2. The first-order chi connectivity index (χ1) is 10.1. The van der Waals surface area contributed by atoms with Gasteiger partial charge in [-0.15, -0.1) is 0 Å². The minimum Gasteiger partial charge on any atom is -0.369 e. The van der Waals surface area contributed by atoms with Crippen LogP contribution in [0.2, 0.25) is 0 Å². The van der Waals surface area contributed by atoms with Crippen LogP contribution in [0.25, 0.3) is 11.0 Å². The Morgan fingerprint density at radius 1 is 1.38 bits per heavy atom. The lowest BCUT2D eigenvalue weighted by Crippen LogP contribution is -2.22. The molecule has 0 aliphatic heterocycles. The van der Waals surface area contributed by atoms with E-state index in [9.17, 15) is 4.39 Å². The summed E-state index contributed by atoms with van der Waals surface area (Å²) in [6.07, 6.45) is 7.36. The van der Waals surface area contributed by atoms with Gasteiger partial charge in [0.25, 0.3) is 0 Å². The van der Waals surface area contributed by atoms with Gasteiger partial charge in [-0.25, -0.2) is 9.37 Å². The first-order valence-corrected chi connectivity index (χ1v) is 8.53. The van der Waals surface area contributed by atoms with Gasteiger partial charge in [0, 0.05) is 12.1 Å². The summed E-state index contributed by atoms with van der Waals surface area (Å²) in [4.78, 5) is 4.42. The van der Waals surface area contributed by atoms with Gasteiger partial charge < -0.3 is 10.3 Å². The lowest BCUT2D eigenvalue weighted by atomic mass is 9.82. The zero-order valence-corrected chi connectivity index (χ0v) is 13.9. The summed E-state index contributed by atoms with van der Waals surface area (Å²) in [7, 11) is 0. The Balaban J connectivity index is 2.08. The summed E-state index contributed by atoms with van der Waals surface area (Å²) in [5, 5.41) is 0. The number of benzene rings is 1. The number of rotatable bonds is 3. The van der Waals surface area contributed by atoms with Crippen LogP contribution in [0.5, 0.6) is 0 Å². The van der Waals surface area contributed by atoms with Crippen molar-refractivity contribution in [1.82, 2.24) is 9.55 Å². The van der Waals surface area contributed by atoms with E-state index in [1.54, 1.807) is 12.1 Å². The van der Waals surface area contributed by atoms with E-state index in [0.29, 0.717) is 22.4 Å². The first-order valence-electron chi connectivity index (χ1n) is 7.74. The molecular weight excluding hydrogens is 333 g/mol. The molecule has 1 heterocycles. The van der Waals surface area contributed by atoms with Crippen molar-refractivity contribution in [2.45, 2.75) is 51.5 Å². The molecule has 2 aromatic rings. The molecule has 2 N–H and O–H groups in total. The molecule has 1 saturated carbocycles. The second kappa shape index (κ2) is 5.95. The topological polar surface area (TPSA) is 43.8 Å². The molecule has 3 nitrogen and oxygen atoms in total. The lowest BCUT2D eigenvalue weighted by Gasteiger charge is -2.31. The van der Waals surface area contributed by atoms with Crippen LogP contribution >= 0.6 is 15.9 Å². The molecule has 1 aliphatic rings. The van der Waals surface area contributed by atoms with Crippen LogP contribution in [0.15, 0.2) is 16.6 Å². The SMILES string of the molecule is CCC(C1CCCCC1)n1c(N)nc2cc(Br)c(F)cc21. The molecule has 1 aromatic carbocycles. The van der Waals surface area contributed by atoms with Crippen molar-refractivity contribution < 1.29 is 4.39 Å². The Morgan fingerprint density at radius 3 is 2.76 bits per heavy atom. The molecule has 0 radical (unpaired) electrons. The number of nitrogen functional groups attached to an aromatic ring is 1. The number of halogens is 2. The van der Waals surface area contributed by atoms with Crippen molar-refractivity contribution >= 4 is 32.9 Å². The molecule has 1 fully saturated rings. The molecule has 0 amide bonds. The molecule has 114 valence electrons. The van der Waals surface area contributed by atoms with E-state index in [-0.39, 0.29) is 5.82 Å². The number of fused-ring (bicyclic) bond motifs is 1. The van der Waals surface area contributed by atoms with Gasteiger partial charge in [0.2, 0.25) is 5.95 Å². The molecule has 0 spiro atoms. The maximum absolute atomic E-state index is 13.9. The molecular formula is C16H21BrFN3. The minimum atomic E-state index is -0.262. The van der Waals surface area contributed by atoms with Crippen LogP contribution in [0.1, 0.15) is 51.5 Å². The highest BCUT2D eigenvalue weighted by atomic mass is 79.9. The molecule has 0 bridgehead atoms. The first kappa shape index (κ1) is 14.8. The maximum Gasteiger partial charge on any atom is 0.201 e. The fraction of sp³-hybridized carbons (Fsp3) is 0.562. The van der Waals surface area contributed by atoms with Crippen LogP contribution in [0.4, 0.5) is 10.3 Å². The minimum absolute atomic E-state index is 0.262. The Hall–Kier alpha value is -1.10. The van der Waals surface area contributed by atoms with Crippen LogP contribution in [-0.4, -0.2) is 9.55 Å². The molecule has 1 aromatic heterocycles. The van der Waals surface area contributed by atoms with Gasteiger partial charge in [-0.05, 0) is 47.2 Å². The van der Waals surface area contributed by atoms with Crippen molar-refractivity contribution in [2.75, 3.05) is 5.73 Å². The van der Waals surface area contributed by atoms with Crippen LogP contribution in [0, 0.1) is 11.7 Å². The van der Waals surface area contributed by atoms with Gasteiger partial charge in [0.1, 0.15) is 5.82 Å². The summed E-state index contributed by atoms with van der Waals surface area (Å²) >= 11 is 3.22. The molecule has 21 heavy (non-hydrogen) atoms. The maximum atomic E-state index is 13.9. The summed E-state index contributed by atoms with van der Waals surface area (Å²) in [6.45, 7) is 2.18. The molecule has 1 atom stereocenters. The van der Waals surface area contributed by atoms with Gasteiger partial charge in [-0.2, -0.15) is 0 Å². The second-order valence-electron chi connectivity index (χ2n) is 5.97. The highest BCUT2D eigenvalue weighted by Crippen LogP contribution is 2.38. The van der Waals surface area contributed by atoms with Crippen LogP contribution in [0.3, 0.4) is 0 Å². The monoisotopic (exact) mass is 353 g/mol. The number of nitrogens with two attached hydrogens (primary N) is 1. The summed E-state index contributed by atoms with van der Waals surface area (Å²) in [5.74, 6) is 0.859. The van der Waals surface area contributed by atoms with Crippen LogP contribution < -0.4 is 5.73 Å². The predicted octanol–water partition coefficient (Wildman–Crippen LogP) is 5.05. The fourth-order valence-electron chi connectivity index (χ4n) is 3.70. The van der Waals surface area contributed by atoms with Crippen LogP contribution in [-0.2, 0) is 0 Å². The quantitative estimate of drug-likeness (QED) is 0.838. The highest BCUT2D eigenvalue weighted by molar-refractivity contribution is 9.10. The van der Waals surface area contributed by atoms with Crippen molar-refractivity contribution in [3.63, 3.8) is 0 Å². The average Bonchev–Trinajstić information content (AvgIpc) is 2.78. The van der Waals surface area contributed by atoms with Crippen molar-refractivity contribution in [2.24, 2.45) is 5.92 Å². The summed E-state index contributed by atoms with van der Waals surface area (Å²) < 4.78 is 16.4. The van der Waals surface area contributed by atoms with Gasteiger partial charge in [0.05, 0.1) is 15.5 Å². The fourth-order valence-corrected chi connectivity index (χ4v) is 4.03. The molecule has 5 heteroatoms. The predicted molar refractivity (Wildman–Crippen MR) is 87.7 cm³/mol. The Kier molecular flexibility index (Phi) is 4.20. The van der Waals surface area contributed by atoms with Gasteiger partial charge in [0.15, 0.2) is 0 Å². The highest BCUT2D eigenvalue weighted by Gasteiger charge is 2.27. The summed E-state index contributed by atoms with van der Waals surface area (Å²) in [6, 6.07) is 3.58. The van der Waals surface area contributed by atoms with Gasteiger partial charge >= 0.3 is 0 Å². The van der Waals surface area contributed by atoms with Gasteiger partial charge in [-0.1, -0.05) is 26.2 Å². The number of aromatic nitrogens is 2. The number of imidazole rings is 1. The Bertz CT molecular complexity index is 646. The van der Waals surface area contributed by atoms with E-state index >= 15 is 0 Å².